The van der Waals surface area contributed by atoms with Gasteiger partial charge in [-0.3, -0.25) is 0 Å². The number of rotatable bonds is 3. The summed E-state index contributed by atoms with van der Waals surface area (Å²) in [6, 6.07) is 16.1. The lowest BCUT2D eigenvalue weighted by Gasteiger charge is -2.30. The Labute approximate surface area is 267 Å². The molecule has 1 atom stereocenters. The summed E-state index contributed by atoms with van der Waals surface area (Å²) < 4.78 is 38.9. The van der Waals surface area contributed by atoms with E-state index in [0.29, 0.717) is 30.2 Å². The summed E-state index contributed by atoms with van der Waals surface area (Å²) in [5.41, 5.74) is 3.38. The van der Waals surface area contributed by atoms with E-state index < -0.39 is 17.0 Å². The van der Waals surface area contributed by atoms with Gasteiger partial charge >= 0.3 is 0 Å². The molecule has 5 aromatic rings. The molecule has 45 heavy (non-hydrogen) atoms. The van der Waals surface area contributed by atoms with Crippen molar-refractivity contribution in [3.63, 3.8) is 0 Å². The molecule has 1 unspecified atom stereocenters. The van der Waals surface area contributed by atoms with Crippen LogP contribution in [-0.4, -0.2) is 43.0 Å². The van der Waals surface area contributed by atoms with Gasteiger partial charge in [-0.25, -0.2) is 18.4 Å². The predicted octanol–water partition coefficient (Wildman–Crippen LogP) is 8.36. The van der Waals surface area contributed by atoms with Crippen LogP contribution in [0.2, 0.25) is 0 Å². The van der Waals surface area contributed by atoms with E-state index in [2.05, 4.69) is 37.9 Å². The number of aromatic nitrogens is 4. The average Bonchev–Trinajstić information content (AvgIpc) is 3.63. The monoisotopic (exact) mass is 630 g/mol. The van der Waals surface area contributed by atoms with E-state index >= 15 is 8.78 Å². The second kappa shape index (κ2) is 12.6. The summed E-state index contributed by atoms with van der Waals surface area (Å²) in [5, 5.41) is 15.4. The molecular weight excluding hydrogens is 590 g/mol. The van der Waals surface area contributed by atoms with Crippen LogP contribution < -0.4 is 4.74 Å². The van der Waals surface area contributed by atoms with E-state index in [9.17, 15) is 5.11 Å². The molecule has 6 nitrogen and oxygen atoms in total. The van der Waals surface area contributed by atoms with Crippen molar-refractivity contribution < 1.29 is 18.6 Å². The molecule has 4 bridgehead atoms. The first-order valence-corrected chi connectivity index (χ1v) is 16.7. The quantitative estimate of drug-likeness (QED) is 0.210. The van der Waals surface area contributed by atoms with Gasteiger partial charge in [0.25, 0.3) is 0 Å². The Morgan fingerprint density at radius 1 is 1.04 bits per heavy atom. The number of hydrogen-bond acceptors (Lipinski definition) is 5. The molecule has 2 aromatic heterocycles. The molecule has 0 fully saturated rings. The molecule has 0 saturated carbocycles. The van der Waals surface area contributed by atoms with Gasteiger partial charge in [0, 0.05) is 42.4 Å². The molecule has 1 aliphatic heterocycles. The fourth-order valence-electron chi connectivity index (χ4n) is 6.39. The van der Waals surface area contributed by atoms with E-state index in [1.807, 2.05) is 36.2 Å². The standard InChI is InChI=1S/C36H40F2N4O2S/c1-35(2)14-6-15-36(3,24-8-5-7-23(19-24)12-17-43)34-40-33(42(4)41-34)28-20-25(9-10-29(28)37)44-32-27(13-18-45-22-35)26-11-16-39-31(26)21-30(32)38/h5,7-11,16,19-21,39,43H,6,12-15,17-18,22H2,1-4H3. The number of nitrogens with zero attached hydrogens (tertiary/aromatic N) is 3. The fraction of sp³-hybridized carbons (Fsp3) is 0.389. The number of aliphatic hydroxyl groups excluding tert-OH is 1. The lowest BCUT2D eigenvalue weighted by molar-refractivity contribution is 0.299. The van der Waals surface area contributed by atoms with Crippen molar-refractivity contribution in [2.45, 2.75) is 58.3 Å². The molecule has 0 spiro atoms. The highest BCUT2D eigenvalue weighted by molar-refractivity contribution is 7.99. The Morgan fingerprint density at radius 3 is 2.71 bits per heavy atom. The van der Waals surface area contributed by atoms with Gasteiger partial charge in [0.15, 0.2) is 23.2 Å². The van der Waals surface area contributed by atoms with Crippen LogP contribution >= 0.6 is 11.8 Å². The normalized spacial score (nSPS) is 19.0. The smallest absolute Gasteiger partial charge is 0.168 e. The topological polar surface area (TPSA) is 76.0 Å². The molecule has 2 N–H and O–H groups in total. The Kier molecular flexibility index (Phi) is 8.76. The van der Waals surface area contributed by atoms with Gasteiger partial charge < -0.3 is 14.8 Å². The number of fused-ring (bicyclic) bond motifs is 8. The SMILES string of the molecule is Cn1nc2nc1-c1cc(ccc1F)Oc1c(F)cc3[nH]ccc3c1CCSCC(C)(C)CCCC2(C)c1cccc(CCO)c1. The minimum atomic E-state index is -0.551. The second-order valence-electron chi connectivity index (χ2n) is 13.1. The van der Waals surface area contributed by atoms with Gasteiger partial charge in [0.2, 0.25) is 0 Å². The zero-order valence-corrected chi connectivity index (χ0v) is 27.1. The third-order valence-electron chi connectivity index (χ3n) is 9.01. The number of aliphatic hydroxyl groups is 1. The summed E-state index contributed by atoms with van der Waals surface area (Å²) in [6.07, 6.45) is 5.75. The molecule has 0 amide bonds. The van der Waals surface area contributed by atoms with Gasteiger partial charge in [0.1, 0.15) is 11.6 Å². The maximum atomic E-state index is 15.6. The van der Waals surface area contributed by atoms with Crippen LogP contribution in [0.3, 0.4) is 0 Å². The molecule has 9 heteroatoms. The highest BCUT2D eigenvalue weighted by atomic mass is 32.2. The van der Waals surface area contributed by atoms with E-state index in [4.69, 9.17) is 14.8 Å². The van der Waals surface area contributed by atoms with Crippen molar-refractivity contribution in [1.82, 2.24) is 19.7 Å². The molecule has 0 radical (unpaired) electrons. The first-order chi connectivity index (χ1) is 21.6. The molecule has 0 saturated heterocycles. The van der Waals surface area contributed by atoms with Crippen LogP contribution in [0.15, 0.2) is 60.8 Å². The number of thioether (sulfide) groups is 1. The highest BCUT2D eigenvalue weighted by Gasteiger charge is 2.35. The van der Waals surface area contributed by atoms with Gasteiger partial charge in [-0.05, 0) is 84.9 Å². The van der Waals surface area contributed by atoms with Crippen LogP contribution in [0, 0.1) is 17.0 Å². The number of hydrogen-bond donors (Lipinski definition) is 2. The zero-order valence-electron chi connectivity index (χ0n) is 26.3. The number of aromatic amines is 1. The fourth-order valence-corrected chi connectivity index (χ4v) is 7.58. The van der Waals surface area contributed by atoms with Crippen LogP contribution in [0.5, 0.6) is 11.5 Å². The third-order valence-corrected chi connectivity index (χ3v) is 10.5. The van der Waals surface area contributed by atoms with Crippen molar-refractivity contribution in [3.8, 4) is 22.9 Å². The average molecular weight is 631 g/mol. The van der Waals surface area contributed by atoms with Gasteiger partial charge in [-0.15, -0.1) is 0 Å². The minimum Gasteiger partial charge on any atom is -0.454 e. The summed E-state index contributed by atoms with van der Waals surface area (Å²) in [5.74, 6) is 2.29. The van der Waals surface area contributed by atoms with E-state index in [0.717, 1.165) is 58.4 Å². The van der Waals surface area contributed by atoms with Gasteiger partial charge in [0.05, 0.1) is 11.0 Å². The first-order valence-electron chi connectivity index (χ1n) is 15.5. The molecule has 3 heterocycles. The lowest BCUT2D eigenvalue weighted by Crippen LogP contribution is -2.27. The number of ether oxygens (including phenoxy) is 1. The Bertz CT molecular complexity index is 1830. The van der Waals surface area contributed by atoms with E-state index in [-0.39, 0.29) is 23.3 Å². The van der Waals surface area contributed by atoms with Crippen molar-refractivity contribution in [1.29, 1.82) is 0 Å². The number of H-pyrrole nitrogens is 1. The summed E-state index contributed by atoms with van der Waals surface area (Å²) in [6.45, 7) is 6.82. The number of benzene rings is 3. The Hall–Kier alpha value is -3.69. The van der Waals surface area contributed by atoms with Crippen LogP contribution in [-0.2, 0) is 25.3 Å². The van der Waals surface area contributed by atoms with Crippen LogP contribution in [0.4, 0.5) is 8.78 Å². The number of halogens is 2. The van der Waals surface area contributed by atoms with Crippen LogP contribution in [0.1, 0.15) is 62.5 Å². The van der Waals surface area contributed by atoms with Crippen molar-refractivity contribution >= 4 is 22.7 Å². The summed E-state index contributed by atoms with van der Waals surface area (Å²) >= 11 is 1.87. The molecule has 0 aliphatic carbocycles. The largest absolute Gasteiger partial charge is 0.454 e. The Morgan fingerprint density at radius 2 is 1.89 bits per heavy atom. The summed E-state index contributed by atoms with van der Waals surface area (Å²) in [4.78, 5) is 8.09. The van der Waals surface area contributed by atoms with E-state index in [1.54, 1.807) is 17.8 Å². The molecule has 6 rings (SSSR count). The maximum Gasteiger partial charge on any atom is 0.168 e. The Balaban J connectivity index is 1.48. The highest BCUT2D eigenvalue weighted by Crippen LogP contribution is 2.41. The number of nitrogens with one attached hydrogen (secondary N) is 1. The first kappa shape index (κ1) is 31.3. The second-order valence-corrected chi connectivity index (χ2v) is 14.2. The maximum absolute atomic E-state index is 15.6. The molecule has 236 valence electrons. The molecular formula is C36H40F2N4O2S. The van der Waals surface area contributed by atoms with Crippen LogP contribution in [0.25, 0.3) is 22.3 Å². The van der Waals surface area contributed by atoms with Gasteiger partial charge in [-0.2, -0.15) is 16.9 Å². The van der Waals surface area contributed by atoms with E-state index in [1.165, 1.54) is 18.2 Å². The predicted molar refractivity (Wildman–Crippen MR) is 177 cm³/mol. The van der Waals surface area contributed by atoms with Crippen molar-refractivity contribution in [2.24, 2.45) is 12.5 Å². The molecule has 1 aliphatic rings. The van der Waals surface area contributed by atoms with Crippen molar-refractivity contribution in [2.75, 3.05) is 18.1 Å². The van der Waals surface area contributed by atoms with Crippen molar-refractivity contribution in [3.05, 3.63) is 94.9 Å². The zero-order chi connectivity index (χ0) is 31.8. The van der Waals surface area contributed by atoms with Gasteiger partial charge in [-0.1, -0.05) is 44.5 Å². The third kappa shape index (κ3) is 6.38. The minimum absolute atomic E-state index is 0.0696. The lowest BCUT2D eigenvalue weighted by atomic mass is 9.75. The molecule has 3 aromatic carbocycles. The summed E-state index contributed by atoms with van der Waals surface area (Å²) in [7, 11) is 1.77. The number of aryl methyl sites for hydroxylation is 2.